The van der Waals surface area contributed by atoms with E-state index in [2.05, 4.69) is 25.9 Å². The van der Waals surface area contributed by atoms with Gasteiger partial charge in [-0.3, -0.25) is 19.2 Å². The Morgan fingerprint density at radius 1 is 0.738 bits per heavy atom. The van der Waals surface area contributed by atoms with Gasteiger partial charge in [-0.2, -0.15) is 0 Å². The third-order valence-corrected chi connectivity index (χ3v) is 6.96. The second-order valence-corrected chi connectivity index (χ2v) is 9.92. The number of nitrogens with two attached hydrogens (primary N) is 2. The van der Waals surface area contributed by atoms with Gasteiger partial charge in [-0.25, -0.2) is 4.79 Å². The molecular weight excluding hydrogens is 542 g/mol. The predicted octanol–water partition coefficient (Wildman–Crippen LogP) is 0.198. The summed E-state index contributed by atoms with van der Waals surface area (Å²) in [6.07, 6.45) is 3.01. The van der Waals surface area contributed by atoms with Crippen LogP contribution in [0.3, 0.4) is 0 Å². The second kappa shape index (κ2) is 13.5. The average molecular weight is 576 g/mol. The summed E-state index contributed by atoms with van der Waals surface area (Å²) in [6.45, 7) is -0.364. The summed E-state index contributed by atoms with van der Waals surface area (Å²) in [6, 6.07) is 11.0. The standard InChI is InChI=1S/C29H33N7O6/c30-13-26(38)34-23(11-16-14-32-20-7-3-1-5-18(16)20)28(40)35-22(9-10-25(31)37)27(39)36-24(29(41)42)12-17-15-33-21-8-4-2-6-19(17)21/h1-8,14-15,22-24,32-33H,9-13,30H2,(H2,31,37)(H,34,38)(H,35,40)(H,36,39)(H,41,42). The van der Waals surface area contributed by atoms with E-state index in [0.717, 1.165) is 27.4 Å². The summed E-state index contributed by atoms with van der Waals surface area (Å²) in [5, 5.41) is 19.2. The van der Waals surface area contributed by atoms with Crippen molar-refractivity contribution in [1.82, 2.24) is 25.9 Å². The Hall–Kier alpha value is -5.17. The van der Waals surface area contributed by atoms with Gasteiger partial charge >= 0.3 is 5.97 Å². The number of hydrogen-bond donors (Lipinski definition) is 8. The first-order valence-electron chi connectivity index (χ1n) is 13.4. The molecule has 4 aromatic rings. The predicted molar refractivity (Wildman–Crippen MR) is 155 cm³/mol. The zero-order chi connectivity index (χ0) is 30.2. The van der Waals surface area contributed by atoms with Crippen molar-refractivity contribution in [3.8, 4) is 0 Å². The van der Waals surface area contributed by atoms with Gasteiger partial charge in [0.1, 0.15) is 18.1 Å². The van der Waals surface area contributed by atoms with E-state index in [1.54, 1.807) is 12.4 Å². The summed E-state index contributed by atoms with van der Waals surface area (Å²) in [4.78, 5) is 68.8. The number of carbonyl (C=O) groups excluding carboxylic acids is 4. The van der Waals surface area contributed by atoms with E-state index in [4.69, 9.17) is 11.5 Å². The number of primary amides is 1. The summed E-state index contributed by atoms with van der Waals surface area (Å²) in [5.74, 6) is -4.09. The highest BCUT2D eigenvalue weighted by Crippen LogP contribution is 2.20. The number of para-hydroxylation sites is 2. The lowest BCUT2D eigenvalue weighted by atomic mass is 10.0. The van der Waals surface area contributed by atoms with Crippen LogP contribution in [0.2, 0.25) is 0 Å². The number of benzene rings is 2. The summed E-state index contributed by atoms with van der Waals surface area (Å²) in [7, 11) is 0. The van der Waals surface area contributed by atoms with Crippen LogP contribution in [-0.4, -0.2) is 69.3 Å². The molecule has 2 aromatic heterocycles. The number of nitrogens with one attached hydrogen (secondary N) is 5. The SMILES string of the molecule is NCC(=O)NC(Cc1c[nH]c2ccccc12)C(=O)NC(CCC(N)=O)C(=O)NC(Cc1c[nH]c2ccccc12)C(=O)O. The Balaban J connectivity index is 1.52. The second-order valence-electron chi connectivity index (χ2n) is 9.92. The molecule has 0 fully saturated rings. The number of rotatable bonds is 14. The fourth-order valence-electron chi connectivity index (χ4n) is 4.80. The first kappa shape index (κ1) is 29.8. The minimum absolute atomic E-state index is 0.0304. The van der Waals surface area contributed by atoms with E-state index >= 15 is 0 Å². The van der Waals surface area contributed by atoms with E-state index in [0.29, 0.717) is 5.56 Å². The molecule has 10 N–H and O–H groups in total. The van der Waals surface area contributed by atoms with Crippen molar-refractivity contribution in [1.29, 1.82) is 0 Å². The number of carbonyl (C=O) groups is 5. The summed E-state index contributed by atoms with van der Waals surface area (Å²) in [5.41, 5.74) is 13.8. The Bertz CT molecular complexity index is 1610. The Kier molecular flexibility index (Phi) is 9.55. The highest BCUT2D eigenvalue weighted by atomic mass is 16.4. The lowest BCUT2D eigenvalue weighted by molar-refractivity contribution is -0.142. The van der Waals surface area contributed by atoms with Gasteiger partial charge < -0.3 is 42.5 Å². The van der Waals surface area contributed by atoms with Crippen molar-refractivity contribution in [2.24, 2.45) is 11.5 Å². The Morgan fingerprint density at radius 3 is 1.76 bits per heavy atom. The van der Waals surface area contributed by atoms with Gasteiger partial charge in [-0.05, 0) is 29.7 Å². The average Bonchev–Trinajstić information content (AvgIpc) is 3.58. The van der Waals surface area contributed by atoms with Crippen molar-refractivity contribution >= 4 is 51.4 Å². The van der Waals surface area contributed by atoms with Crippen LogP contribution in [0.15, 0.2) is 60.9 Å². The molecule has 0 aliphatic rings. The maximum atomic E-state index is 13.4. The monoisotopic (exact) mass is 575 g/mol. The van der Waals surface area contributed by atoms with Crippen LogP contribution in [0.5, 0.6) is 0 Å². The van der Waals surface area contributed by atoms with Crippen molar-refractivity contribution in [3.05, 3.63) is 72.1 Å². The number of carboxylic acid groups (broad SMARTS) is 1. The van der Waals surface area contributed by atoms with Crippen molar-refractivity contribution in [2.75, 3.05) is 6.54 Å². The fourth-order valence-corrected chi connectivity index (χ4v) is 4.80. The van der Waals surface area contributed by atoms with E-state index < -0.39 is 47.7 Å². The first-order chi connectivity index (χ1) is 20.2. The summed E-state index contributed by atoms with van der Waals surface area (Å²) < 4.78 is 0. The minimum Gasteiger partial charge on any atom is -0.480 e. The minimum atomic E-state index is -1.33. The molecule has 0 aliphatic carbocycles. The molecule has 3 atom stereocenters. The van der Waals surface area contributed by atoms with Crippen molar-refractivity contribution in [2.45, 2.75) is 43.8 Å². The van der Waals surface area contributed by atoms with E-state index in [1.165, 1.54) is 0 Å². The highest BCUT2D eigenvalue weighted by Gasteiger charge is 2.30. The number of aromatic amines is 2. The largest absolute Gasteiger partial charge is 0.480 e. The maximum absolute atomic E-state index is 13.4. The van der Waals surface area contributed by atoms with Gasteiger partial charge in [-0.15, -0.1) is 0 Å². The molecule has 2 aromatic carbocycles. The lowest BCUT2D eigenvalue weighted by Crippen LogP contribution is -2.57. The number of hydrogen-bond acceptors (Lipinski definition) is 6. The van der Waals surface area contributed by atoms with E-state index in [-0.39, 0.29) is 32.2 Å². The van der Waals surface area contributed by atoms with Crippen LogP contribution in [0.1, 0.15) is 24.0 Å². The summed E-state index contributed by atoms with van der Waals surface area (Å²) >= 11 is 0. The normalized spacial score (nSPS) is 13.3. The van der Waals surface area contributed by atoms with Gasteiger partial charge in [0.05, 0.1) is 6.54 Å². The van der Waals surface area contributed by atoms with Crippen LogP contribution in [0, 0.1) is 0 Å². The number of aliphatic carboxylic acids is 1. The fraction of sp³-hybridized carbons (Fsp3) is 0.276. The van der Waals surface area contributed by atoms with Gasteiger partial charge in [-0.1, -0.05) is 36.4 Å². The third-order valence-electron chi connectivity index (χ3n) is 6.96. The molecule has 2 heterocycles. The molecule has 0 aliphatic heterocycles. The first-order valence-corrected chi connectivity index (χ1v) is 13.4. The molecule has 42 heavy (non-hydrogen) atoms. The number of amides is 4. The highest BCUT2D eigenvalue weighted by molar-refractivity contribution is 5.95. The molecule has 4 rings (SSSR count). The molecule has 220 valence electrons. The Labute approximate surface area is 240 Å². The van der Waals surface area contributed by atoms with Crippen LogP contribution in [0.4, 0.5) is 0 Å². The number of carboxylic acids is 1. The lowest BCUT2D eigenvalue weighted by Gasteiger charge is -2.24. The zero-order valence-electron chi connectivity index (χ0n) is 22.7. The molecule has 0 radical (unpaired) electrons. The smallest absolute Gasteiger partial charge is 0.326 e. The molecule has 0 spiro atoms. The van der Waals surface area contributed by atoms with E-state index in [1.807, 2.05) is 48.5 Å². The maximum Gasteiger partial charge on any atom is 0.326 e. The van der Waals surface area contributed by atoms with Gasteiger partial charge in [0.15, 0.2) is 0 Å². The van der Waals surface area contributed by atoms with E-state index in [9.17, 15) is 29.1 Å². The number of fused-ring (bicyclic) bond motifs is 2. The molecular formula is C29H33N7O6. The van der Waals surface area contributed by atoms with Gasteiger partial charge in [0.2, 0.25) is 23.6 Å². The van der Waals surface area contributed by atoms with Gasteiger partial charge in [0.25, 0.3) is 0 Å². The van der Waals surface area contributed by atoms with Crippen molar-refractivity contribution in [3.63, 3.8) is 0 Å². The van der Waals surface area contributed by atoms with Crippen LogP contribution >= 0.6 is 0 Å². The molecule has 13 heteroatoms. The topological polar surface area (TPSA) is 225 Å². The van der Waals surface area contributed by atoms with Crippen molar-refractivity contribution < 1.29 is 29.1 Å². The molecule has 3 unspecified atom stereocenters. The number of H-pyrrole nitrogens is 2. The molecule has 0 saturated carbocycles. The van der Waals surface area contributed by atoms with Crippen LogP contribution in [-0.2, 0) is 36.8 Å². The molecule has 4 amide bonds. The quantitative estimate of drug-likeness (QED) is 0.104. The molecule has 13 nitrogen and oxygen atoms in total. The van der Waals surface area contributed by atoms with Crippen LogP contribution in [0.25, 0.3) is 21.8 Å². The molecule has 0 saturated heterocycles. The Morgan fingerprint density at radius 2 is 1.24 bits per heavy atom. The third kappa shape index (κ3) is 7.31. The number of aromatic nitrogens is 2. The van der Waals surface area contributed by atoms with Crippen LogP contribution < -0.4 is 27.4 Å². The molecule has 0 bridgehead atoms. The zero-order valence-corrected chi connectivity index (χ0v) is 22.7. The van der Waals surface area contributed by atoms with Gasteiger partial charge in [0, 0.05) is 53.5 Å².